The maximum Gasteiger partial charge on any atom is 0.203 e. The quantitative estimate of drug-likeness (QED) is 0.465. The minimum atomic E-state index is -1.72. The predicted octanol–water partition coefficient (Wildman–Crippen LogP) is 5.97. The van der Waals surface area contributed by atoms with Crippen LogP contribution >= 0.6 is 0 Å². The molecule has 1 fully saturated rings. The molecule has 3 rings (SSSR count). The molecule has 0 radical (unpaired) electrons. The molecular formula is C23H36N2O3Si. The van der Waals surface area contributed by atoms with Crippen LogP contribution in [0.5, 0.6) is 5.75 Å². The van der Waals surface area contributed by atoms with Crippen molar-refractivity contribution in [3.8, 4) is 5.75 Å². The summed E-state index contributed by atoms with van der Waals surface area (Å²) in [7, 11) is -0.0813. The number of carbonyl (C=O) groups is 1. The van der Waals surface area contributed by atoms with Crippen LogP contribution in [0.1, 0.15) is 64.0 Å². The maximum absolute atomic E-state index is 13.3. The van der Waals surface area contributed by atoms with Gasteiger partial charge in [-0.25, -0.2) is 4.98 Å². The molecule has 5 nitrogen and oxygen atoms in total. The number of imidazole rings is 1. The van der Waals surface area contributed by atoms with Gasteiger partial charge in [0.15, 0.2) is 14.1 Å². The van der Waals surface area contributed by atoms with Crippen LogP contribution in [-0.4, -0.2) is 37.8 Å². The highest BCUT2D eigenvalue weighted by atomic mass is 28.4. The van der Waals surface area contributed by atoms with E-state index in [1.165, 1.54) is 0 Å². The van der Waals surface area contributed by atoms with Gasteiger partial charge in [0.1, 0.15) is 5.75 Å². The zero-order valence-electron chi connectivity index (χ0n) is 19.0. The summed E-state index contributed by atoms with van der Waals surface area (Å²) in [6, 6.07) is 5.64. The molecule has 1 aromatic heterocycles. The van der Waals surface area contributed by atoms with Crippen LogP contribution in [0.25, 0.3) is 11.0 Å². The molecule has 0 spiro atoms. The highest BCUT2D eigenvalue weighted by molar-refractivity contribution is 6.74. The number of methoxy groups -OCH3 is 1. The molecule has 1 N–H and O–H groups in total. The largest absolute Gasteiger partial charge is 0.497 e. The Labute approximate surface area is 175 Å². The van der Waals surface area contributed by atoms with Gasteiger partial charge in [0, 0.05) is 18.1 Å². The molecule has 0 saturated heterocycles. The molecule has 6 heteroatoms. The Morgan fingerprint density at radius 1 is 1.28 bits per heavy atom. The first kappa shape index (κ1) is 22.0. The average Bonchev–Trinajstić information content (AvgIpc) is 3.09. The number of rotatable bonds is 6. The summed E-state index contributed by atoms with van der Waals surface area (Å²) in [5.74, 6) is 1.89. The highest BCUT2D eigenvalue weighted by Gasteiger charge is 2.41. The maximum atomic E-state index is 13.3. The summed E-state index contributed by atoms with van der Waals surface area (Å²) in [5.41, 5.74) is 1.28. The number of carbonyl (C=O) groups excluding carboxylic acids is 1. The number of aromatic amines is 1. The van der Waals surface area contributed by atoms with Gasteiger partial charge in [0.2, 0.25) is 5.78 Å². The Morgan fingerprint density at radius 2 is 1.93 bits per heavy atom. The van der Waals surface area contributed by atoms with E-state index in [2.05, 4.69) is 50.8 Å². The number of nitrogens with zero attached hydrogens (tertiary/aromatic N) is 1. The predicted molar refractivity (Wildman–Crippen MR) is 120 cm³/mol. The molecule has 0 unspecified atom stereocenters. The van der Waals surface area contributed by atoms with Crippen molar-refractivity contribution < 1.29 is 14.0 Å². The van der Waals surface area contributed by atoms with Gasteiger partial charge >= 0.3 is 0 Å². The van der Waals surface area contributed by atoms with Crippen LogP contribution in [0.4, 0.5) is 0 Å². The van der Waals surface area contributed by atoms with Crippen molar-refractivity contribution in [2.75, 3.05) is 13.7 Å². The number of benzene rings is 1. The van der Waals surface area contributed by atoms with Crippen LogP contribution in [0, 0.1) is 11.3 Å². The molecule has 1 saturated carbocycles. The molecule has 0 aliphatic heterocycles. The first-order chi connectivity index (χ1) is 13.4. The Morgan fingerprint density at radius 3 is 2.52 bits per heavy atom. The zero-order chi connectivity index (χ0) is 21.4. The topological polar surface area (TPSA) is 64.2 Å². The molecule has 1 heterocycles. The van der Waals surface area contributed by atoms with Gasteiger partial charge < -0.3 is 14.1 Å². The molecule has 1 aliphatic rings. The molecule has 0 bridgehead atoms. The van der Waals surface area contributed by atoms with E-state index in [1.54, 1.807) is 7.11 Å². The van der Waals surface area contributed by atoms with Gasteiger partial charge in [-0.2, -0.15) is 0 Å². The van der Waals surface area contributed by atoms with Crippen molar-refractivity contribution >= 4 is 25.1 Å². The summed E-state index contributed by atoms with van der Waals surface area (Å²) in [5, 5.41) is 0.232. The lowest BCUT2D eigenvalue weighted by Crippen LogP contribution is -2.43. The van der Waals surface area contributed by atoms with E-state index < -0.39 is 8.32 Å². The van der Waals surface area contributed by atoms with Crippen molar-refractivity contribution in [2.45, 2.75) is 71.5 Å². The van der Waals surface area contributed by atoms with Crippen molar-refractivity contribution in [2.24, 2.45) is 11.3 Å². The van der Waals surface area contributed by atoms with Crippen LogP contribution in [0.3, 0.4) is 0 Å². The van der Waals surface area contributed by atoms with E-state index in [9.17, 15) is 4.79 Å². The smallest absolute Gasteiger partial charge is 0.203 e. The first-order valence-corrected chi connectivity index (χ1v) is 13.6. The standard InChI is InChI=1S/C23H36N2O3Si/c1-22(2,3)29(6,7)28-15-16-10-12-23(4,13-11-16)20(26)21-24-18-9-8-17(27-5)14-19(18)25-21/h8-9,14,16H,10-13,15H2,1-7H3,(H,24,25). The van der Waals surface area contributed by atoms with Gasteiger partial charge in [-0.1, -0.05) is 27.7 Å². The van der Waals surface area contributed by atoms with Crippen LogP contribution < -0.4 is 4.74 Å². The lowest BCUT2D eigenvalue weighted by atomic mass is 9.69. The second-order valence-electron chi connectivity index (χ2n) is 10.4. The summed E-state index contributed by atoms with van der Waals surface area (Å²) in [4.78, 5) is 21.0. The van der Waals surface area contributed by atoms with E-state index in [0.29, 0.717) is 11.7 Å². The van der Waals surface area contributed by atoms with Crippen LogP contribution in [0.15, 0.2) is 18.2 Å². The molecular weight excluding hydrogens is 380 g/mol. The molecule has 1 aliphatic carbocycles. The highest BCUT2D eigenvalue weighted by Crippen LogP contribution is 2.42. The molecule has 1 aromatic carbocycles. The Kier molecular flexibility index (Phi) is 5.98. The van der Waals surface area contributed by atoms with Crippen LogP contribution in [0.2, 0.25) is 18.1 Å². The molecule has 0 amide bonds. The number of H-pyrrole nitrogens is 1. The Bertz CT molecular complexity index is 874. The second-order valence-corrected chi connectivity index (χ2v) is 15.2. The molecule has 2 aromatic rings. The molecule has 0 atom stereocenters. The molecule has 160 valence electrons. The van der Waals surface area contributed by atoms with Crippen LogP contribution in [-0.2, 0) is 4.43 Å². The average molecular weight is 417 g/mol. The van der Waals surface area contributed by atoms with Crippen molar-refractivity contribution in [1.82, 2.24) is 9.97 Å². The number of hydrogen-bond donors (Lipinski definition) is 1. The summed E-state index contributed by atoms with van der Waals surface area (Å²) in [6.07, 6.45) is 3.84. The number of Topliss-reactive ketones (excluding diaryl/α,β-unsaturated/α-hetero) is 1. The third-order valence-electron chi connectivity index (χ3n) is 7.15. The third kappa shape index (κ3) is 4.58. The number of aromatic nitrogens is 2. The van der Waals surface area contributed by atoms with E-state index in [4.69, 9.17) is 9.16 Å². The van der Waals surface area contributed by atoms with Crippen molar-refractivity contribution in [3.63, 3.8) is 0 Å². The fourth-order valence-corrected chi connectivity index (χ4v) is 4.85. The second kappa shape index (κ2) is 7.87. The SMILES string of the molecule is COc1ccc2nc(C(=O)C3(C)CCC(CO[Si](C)(C)C(C)(C)C)CC3)[nH]c2c1. The first-order valence-electron chi connectivity index (χ1n) is 10.7. The minimum Gasteiger partial charge on any atom is -0.497 e. The Balaban J connectivity index is 1.63. The number of nitrogens with one attached hydrogen (secondary N) is 1. The van der Waals surface area contributed by atoms with E-state index >= 15 is 0 Å². The minimum absolute atomic E-state index is 0.122. The lowest BCUT2D eigenvalue weighted by Gasteiger charge is -2.40. The van der Waals surface area contributed by atoms with E-state index in [-0.39, 0.29) is 16.2 Å². The van der Waals surface area contributed by atoms with Crippen molar-refractivity contribution in [1.29, 1.82) is 0 Å². The van der Waals surface area contributed by atoms with Gasteiger partial charge in [0.05, 0.1) is 18.1 Å². The van der Waals surface area contributed by atoms with Gasteiger partial charge in [-0.05, 0) is 61.9 Å². The number of ether oxygens (including phenoxy) is 1. The summed E-state index contributed by atoms with van der Waals surface area (Å²) >= 11 is 0. The number of hydrogen-bond acceptors (Lipinski definition) is 4. The number of ketones is 1. The third-order valence-corrected chi connectivity index (χ3v) is 11.6. The monoisotopic (exact) mass is 416 g/mol. The van der Waals surface area contributed by atoms with E-state index in [0.717, 1.165) is 49.1 Å². The van der Waals surface area contributed by atoms with E-state index in [1.807, 2.05) is 18.2 Å². The summed E-state index contributed by atoms with van der Waals surface area (Å²) < 4.78 is 11.7. The summed E-state index contributed by atoms with van der Waals surface area (Å²) in [6.45, 7) is 14.4. The normalized spacial score (nSPS) is 23.3. The molecule has 29 heavy (non-hydrogen) atoms. The van der Waals surface area contributed by atoms with Gasteiger partial charge in [0.25, 0.3) is 0 Å². The zero-order valence-corrected chi connectivity index (χ0v) is 20.0. The van der Waals surface area contributed by atoms with Crippen molar-refractivity contribution in [3.05, 3.63) is 24.0 Å². The fourth-order valence-electron chi connectivity index (χ4n) is 3.76. The van der Waals surface area contributed by atoms with Gasteiger partial charge in [-0.3, -0.25) is 4.79 Å². The lowest BCUT2D eigenvalue weighted by molar-refractivity contribution is 0.0658. The number of fused-ring (bicyclic) bond motifs is 1. The Hall–Kier alpha value is -1.66. The fraction of sp³-hybridized carbons (Fsp3) is 0.652. The van der Waals surface area contributed by atoms with Gasteiger partial charge in [-0.15, -0.1) is 0 Å².